The summed E-state index contributed by atoms with van der Waals surface area (Å²) in [7, 11) is -0.626. The Labute approximate surface area is 125 Å². The standard InChI is InChI=1S/C14H20N2O4S/c1-10-5-6-12(9-13(10)21(18,19)15(3)4)14(17)16-7-8-20-11(16)2/h5-6,9,11H,7-8H2,1-4H3. The minimum Gasteiger partial charge on any atom is -0.357 e. The van der Waals surface area contributed by atoms with Crippen LogP contribution in [0.1, 0.15) is 22.8 Å². The molecule has 1 saturated heterocycles. The number of nitrogens with zero attached hydrogens (tertiary/aromatic N) is 2. The van der Waals surface area contributed by atoms with E-state index in [1.165, 1.54) is 20.2 Å². The molecule has 1 heterocycles. The Morgan fingerprint density at radius 1 is 1.38 bits per heavy atom. The lowest BCUT2D eigenvalue weighted by molar-refractivity contribution is 0.0377. The number of hydrogen-bond donors (Lipinski definition) is 0. The van der Waals surface area contributed by atoms with Crippen LogP contribution in [0.5, 0.6) is 0 Å². The first-order valence-corrected chi connectivity index (χ1v) is 8.15. The van der Waals surface area contributed by atoms with E-state index in [0.29, 0.717) is 24.3 Å². The molecule has 1 aliphatic heterocycles. The lowest BCUT2D eigenvalue weighted by atomic mass is 10.1. The minimum atomic E-state index is -3.57. The van der Waals surface area contributed by atoms with Gasteiger partial charge in [-0.2, -0.15) is 0 Å². The predicted molar refractivity (Wildman–Crippen MR) is 78.5 cm³/mol. The van der Waals surface area contributed by atoms with Gasteiger partial charge in [0.05, 0.1) is 11.5 Å². The van der Waals surface area contributed by atoms with Gasteiger partial charge in [-0.1, -0.05) is 6.07 Å². The number of sulfonamides is 1. The first-order valence-electron chi connectivity index (χ1n) is 6.71. The van der Waals surface area contributed by atoms with E-state index in [0.717, 1.165) is 4.31 Å². The maximum atomic E-state index is 12.5. The van der Waals surface area contributed by atoms with Crippen LogP contribution in [0.2, 0.25) is 0 Å². The summed E-state index contributed by atoms with van der Waals surface area (Å²) < 4.78 is 31.1. The van der Waals surface area contributed by atoms with Gasteiger partial charge in [0.2, 0.25) is 10.0 Å². The van der Waals surface area contributed by atoms with E-state index >= 15 is 0 Å². The van der Waals surface area contributed by atoms with Crippen molar-refractivity contribution in [2.45, 2.75) is 25.0 Å². The van der Waals surface area contributed by atoms with E-state index < -0.39 is 10.0 Å². The zero-order valence-electron chi connectivity index (χ0n) is 12.7. The van der Waals surface area contributed by atoms with Gasteiger partial charge in [0.1, 0.15) is 6.23 Å². The fourth-order valence-electron chi connectivity index (χ4n) is 2.23. The molecule has 2 rings (SSSR count). The monoisotopic (exact) mass is 312 g/mol. The molecule has 7 heteroatoms. The molecule has 1 aromatic rings. The number of amides is 1. The fourth-order valence-corrected chi connectivity index (χ4v) is 3.38. The van der Waals surface area contributed by atoms with E-state index in [9.17, 15) is 13.2 Å². The second-order valence-corrected chi connectivity index (χ2v) is 7.36. The second kappa shape index (κ2) is 5.75. The molecular weight excluding hydrogens is 292 g/mol. The Hall–Kier alpha value is -1.44. The molecule has 1 amide bonds. The number of benzene rings is 1. The summed E-state index contributed by atoms with van der Waals surface area (Å²) in [5.74, 6) is -0.213. The van der Waals surface area contributed by atoms with Crippen molar-refractivity contribution in [1.29, 1.82) is 0 Å². The smallest absolute Gasteiger partial charge is 0.256 e. The van der Waals surface area contributed by atoms with Crippen LogP contribution in [-0.4, -0.2) is 57.0 Å². The Morgan fingerprint density at radius 3 is 2.57 bits per heavy atom. The summed E-state index contributed by atoms with van der Waals surface area (Å²) in [5.41, 5.74) is 0.976. The predicted octanol–water partition coefficient (Wildman–Crippen LogP) is 1.06. The van der Waals surface area contributed by atoms with E-state index in [2.05, 4.69) is 0 Å². The van der Waals surface area contributed by atoms with Gasteiger partial charge < -0.3 is 9.64 Å². The second-order valence-electron chi connectivity index (χ2n) is 5.24. The van der Waals surface area contributed by atoms with Gasteiger partial charge in [-0.05, 0) is 31.5 Å². The summed E-state index contributed by atoms with van der Waals surface area (Å²) in [6.45, 7) is 4.54. The summed E-state index contributed by atoms with van der Waals surface area (Å²) in [4.78, 5) is 14.2. The molecule has 0 saturated carbocycles. The van der Waals surface area contributed by atoms with Gasteiger partial charge in [0.15, 0.2) is 0 Å². The maximum absolute atomic E-state index is 12.5. The molecule has 6 nitrogen and oxygen atoms in total. The lowest BCUT2D eigenvalue weighted by Crippen LogP contribution is -2.34. The number of carbonyl (C=O) groups excluding carboxylic acids is 1. The molecular formula is C14H20N2O4S. The molecule has 21 heavy (non-hydrogen) atoms. The Morgan fingerprint density at radius 2 is 2.05 bits per heavy atom. The van der Waals surface area contributed by atoms with Crippen molar-refractivity contribution >= 4 is 15.9 Å². The summed E-state index contributed by atoms with van der Waals surface area (Å²) >= 11 is 0. The number of hydrogen-bond acceptors (Lipinski definition) is 4. The fraction of sp³-hybridized carbons (Fsp3) is 0.500. The Bertz CT molecular complexity index is 655. The highest BCUT2D eigenvalue weighted by atomic mass is 32.2. The van der Waals surface area contributed by atoms with E-state index in [1.807, 2.05) is 0 Å². The van der Waals surface area contributed by atoms with Crippen LogP contribution in [0, 0.1) is 6.92 Å². The van der Waals surface area contributed by atoms with Gasteiger partial charge in [-0.25, -0.2) is 12.7 Å². The van der Waals surface area contributed by atoms with Gasteiger partial charge in [0.25, 0.3) is 5.91 Å². The highest BCUT2D eigenvalue weighted by molar-refractivity contribution is 7.89. The number of ether oxygens (including phenoxy) is 1. The van der Waals surface area contributed by atoms with Gasteiger partial charge in [-0.3, -0.25) is 4.79 Å². The number of aryl methyl sites for hydroxylation is 1. The van der Waals surface area contributed by atoms with Crippen LogP contribution in [0.3, 0.4) is 0 Å². The quantitative estimate of drug-likeness (QED) is 0.837. The topological polar surface area (TPSA) is 66.9 Å². The van der Waals surface area contributed by atoms with Crippen molar-refractivity contribution in [3.63, 3.8) is 0 Å². The normalized spacial score (nSPS) is 19.3. The van der Waals surface area contributed by atoms with E-state index in [-0.39, 0.29) is 17.0 Å². The molecule has 1 unspecified atom stereocenters. The van der Waals surface area contributed by atoms with Crippen molar-refractivity contribution < 1.29 is 17.9 Å². The summed E-state index contributed by atoms with van der Waals surface area (Å²) in [5, 5.41) is 0. The van der Waals surface area contributed by atoms with Crippen LogP contribution in [0.25, 0.3) is 0 Å². The number of carbonyl (C=O) groups is 1. The third-order valence-electron chi connectivity index (χ3n) is 3.58. The minimum absolute atomic E-state index is 0.158. The largest absolute Gasteiger partial charge is 0.357 e. The summed E-state index contributed by atoms with van der Waals surface area (Å²) in [6, 6.07) is 4.75. The highest BCUT2D eigenvalue weighted by Crippen LogP contribution is 2.22. The molecule has 0 bridgehead atoms. The van der Waals surface area contributed by atoms with Crippen molar-refractivity contribution in [3.05, 3.63) is 29.3 Å². The van der Waals surface area contributed by atoms with Crippen molar-refractivity contribution in [2.75, 3.05) is 27.2 Å². The Kier molecular flexibility index (Phi) is 4.36. The molecule has 1 fully saturated rings. The molecule has 0 radical (unpaired) electrons. The average Bonchev–Trinajstić information content (AvgIpc) is 2.84. The maximum Gasteiger partial charge on any atom is 0.256 e. The SMILES string of the molecule is Cc1ccc(C(=O)N2CCOC2C)cc1S(=O)(=O)N(C)C. The zero-order chi connectivity index (χ0) is 15.8. The molecule has 0 aromatic heterocycles. The van der Waals surface area contributed by atoms with Crippen molar-refractivity contribution in [1.82, 2.24) is 9.21 Å². The van der Waals surface area contributed by atoms with E-state index in [1.54, 1.807) is 30.9 Å². The first-order chi connectivity index (χ1) is 9.75. The van der Waals surface area contributed by atoms with Crippen LogP contribution < -0.4 is 0 Å². The highest BCUT2D eigenvalue weighted by Gasteiger charge is 2.28. The molecule has 0 N–H and O–H groups in total. The molecule has 1 atom stereocenters. The first kappa shape index (κ1) is 15.9. The van der Waals surface area contributed by atoms with Gasteiger partial charge >= 0.3 is 0 Å². The lowest BCUT2D eigenvalue weighted by Gasteiger charge is -2.21. The third kappa shape index (κ3) is 2.95. The van der Waals surface area contributed by atoms with Crippen LogP contribution in [-0.2, 0) is 14.8 Å². The van der Waals surface area contributed by atoms with Gasteiger partial charge in [-0.15, -0.1) is 0 Å². The van der Waals surface area contributed by atoms with Gasteiger partial charge in [0, 0.05) is 26.2 Å². The Balaban J connectivity index is 2.42. The molecule has 0 aliphatic carbocycles. The summed E-state index contributed by atoms with van der Waals surface area (Å²) in [6.07, 6.45) is -0.285. The van der Waals surface area contributed by atoms with Crippen LogP contribution in [0.4, 0.5) is 0 Å². The zero-order valence-corrected chi connectivity index (χ0v) is 13.5. The number of rotatable bonds is 3. The van der Waals surface area contributed by atoms with Crippen molar-refractivity contribution in [2.24, 2.45) is 0 Å². The molecule has 116 valence electrons. The molecule has 1 aliphatic rings. The van der Waals surface area contributed by atoms with Crippen LogP contribution in [0.15, 0.2) is 23.1 Å². The van der Waals surface area contributed by atoms with Crippen molar-refractivity contribution in [3.8, 4) is 0 Å². The third-order valence-corrected chi connectivity index (χ3v) is 5.54. The average molecular weight is 312 g/mol. The van der Waals surface area contributed by atoms with E-state index in [4.69, 9.17) is 4.74 Å². The molecule has 1 aromatic carbocycles. The van der Waals surface area contributed by atoms with Crippen LogP contribution >= 0.6 is 0 Å². The molecule has 0 spiro atoms.